The number of hydrogen-bond acceptors (Lipinski definition) is 3. The van der Waals surface area contributed by atoms with E-state index in [1.807, 2.05) is 0 Å². The molecule has 5 nitrogen and oxygen atoms in total. The largest absolute Gasteiger partial charge is 0.383 e. The number of carbonyl (C=O) groups is 2. The fourth-order valence-electron chi connectivity index (χ4n) is 0.378. The molecule has 0 saturated heterocycles. The SMILES string of the molecule is CNC(=O)CC(O)C(N)=O. The highest BCUT2D eigenvalue weighted by atomic mass is 16.3. The Bertz CT molecular complexity index is 146. The Morgan fingerprint density at radius 2 is 2.20 bits per heavy atom. The molecule has 58 valence electrons. The van der Waals surface area contributed by atoms with Gasteiger partial charge in [0.15, 0.2) is 0 Å². The van der Waals surface area contributed by atoms with Crippen LogP contribution in [0, 0.1) is 0 Å². The van der Waals surface area contributed by atoms with Gasteiger partial charge in [-0.2, -0.15) is 0 Å². The zero-order chi connectivity index (χ0) is 8.15. The van der Waals surface area contributed by atoms with E-state index in [-0.39, 0.29) is 6.42 Å². The Balaban J connectivity index is 3.68. The molecule has 0 radical (unpaired) electrons. The predicted octanol–water partition coefficient (Wildman–Crippen LogP) is -2.03. The molecule has 10 heavy (non-hydrogen) atoms. The van der Waals surface area contributed by atoms with Crippen molar-refractivity contribution in [3.8, 4) is 0 Å². The van der Waals surface area contributed by atoms with Crippen LogP contribution in [0.2, 0.25) is 0 Å². The summed E-state index contributed by atoms with van der Waals surface area (Å²) in [4.78, 5) is 20.6. The zero-order valence-corrected chi connectivity index (χ0v) is 5.63. The number of hydrogen-bond donors (Lipinski definition) is 3. The van der Waals surface area contributed by atoms with E-state index in [0.29, 0.717) is 0 Å². The van der Waals surface area contributed by atoms with Crippen LogP contribution in [0.25, 0.3) is 0 Å². The summed E-state index contributed by atoms with van der Waals surface area (Å²) in [5.74, 6) is -1.30. The number of carbonyl (C=O) groups excluding carboxylic acids is 2. The number of nitrogens with two attached hydrogens (primary N) is 1. The van der Waals surface area contributed by atoms with Gasteiger partial charge in [0.1, 0.15) is 6.10 Å². The van der Waals surface area contributed by atoms with Gasteiger partial charge in [-0.15, -0.1) is 0 Å². The first-order valence-electron chi connectivity index (χ1n) is 2.76. The number of aliphatic hydroxyl groups excluding tert-OH is 1. The van der Waals surface area contributed by atoms with Gasteiger partial charge < -0.3 is 16.2 Å². The van der Waals surface area contributed by atoms with Crippen molar-refractivity contribution in [1.82, 2.24) is 5.32 Å². The molecule has 0 saturated carbocycles. The molecule has 0 aromatic rings. The van der Waals surface area contributed by atoms with E-state index in [9.17, 15) is 9.59 Å². The molecular formula is C5H10N2O3. The van der Waals surface area contributed by atoms with Crippen molar-refractivity contribution in [2.45, 2.75) is 12.5 Å². The molecule has 0 aromatic carbocycles. The summed E-state index contributed by atoms with van der Waals surface area (Å²) in [5, 5.41) is 10.9. The quantitative estimate of drug-likeness (QED) is 0.428. The number of amides is 2. The lowest BCUT2D eigenvalue weighted by molar-refractivity contribution is -0.132. The van der Waals surface area contributed by atoms with Crippen LogP contribution in [0.4, 0.5) is 0 Å². The molecule has 2 amide bonds. The summed E-state index contributed by atoms with van der Waals surface area (Å²) in [6.45, 7) is 0. The van der Waals surface area contributed by atoms with Crippen molar-refractivity contribution in [2.24, 2.45) is 5.73 Å². The second-order valence-electron chi connectivity index (χ2n) is 1.80. The lowest BCUT2D eigenvalue weighted by Crippen LogP contribution is -2.33. The van der Waals surface area contributed by atoms with Crippen molar-refractivity contribution < 1.29 is 14.7 Å². The molecule has 0 aliphatic carbocycles. The normalized spacial score (nSPS) is 12.2. The summed E-state index contributed by atoms with van der Waals surface area (Å²) in [6, 6.07) is 0. The van der Waals surface area contributed by atoms with Gasteiger partial charge in [-0.3, -0.25) is 9.59 Å². The van der Waals surface area contributed by atoms with Gasteiger partial charge in [0.2, 0.25) is 11.8 Å². The van der Waals surface area contributed by atoms with Crippen molar-refractivity contribution in [3.63, 3.8) is 0 Å². The fourth-order valence-corrected chi connectivity index (χ4v) is 0.378. The second-order valence-corrected chi connectivity index (χ2v) is 1.80. The summed E-state index contributed by atoms with van der Waals surface area (Å²) >= 11 is 0. The van der Waals surface area contributed by atoms with Crippen LogP contribution < -0.4 is 11.1 Å². The van der Waals surface area contributed by atoms with Gasteiger partial charge in [-0.25, -0.2) is 0 Å². The maximum Gasteiger partial charge on any atom is 0.246 e. The Labute approximate surface area is 58.2 Å². The Morgan fingerprint density at radius 3 is 2.50 bits per heavy atom. The van der Waals surface area contributed by atoms with Crippen LogP contribution in [-0.4, -0.2) is 30.1 Å². The maximum atomic E-state index is 10.4. The van der Waals surface area contributed by atoms with E-state index in [1.54, 1.807) is 0 Å². The van der Waals surface area contributed by atoms with E-state index in [2.05, 4.69) is 11.1 Å². The highest BCUT2D eigenvalue weighted by Crippen LogP contribution is 1.88. The van der Waals surface area contributed by atoms with Crippen LogP contribution in [-0.2, 0) is 9.59 Å². The third-order valence-corrected chi connectivity index (χ3v) is 0.986. The highest BCUT2D eigenvalue weighted by molar-refractivity contribution is 5.86. The summed E-state index contributed by atoms with van der Waals surface area (Å²) in [5.41, 5.74) is 4.67. The lowest BCUT2D eigenvalue weighted by Gasteiger charge is -2.03. The second kappa shape index (κ2) is 3.84. The summed E-state index contributed by atoms with van der Waals surface area (Å²) in [6.07, 6.45) is -1.65. The number of rotatable bonds is 3. The third-order valence-electron chi connectivity index (χ3n) is 0.986. The minimum atomic E-state index is -1.38. The number of primary amides is 1. The molecular weight excluding hydrogens is 136 g/mol. The Hall–Kier alpha value is -1.10. The molecule has 0 fully saturated rings. The highest BCUT2D eigenvalue weighted by Gasteiger charge is 2.13. The molecule has 0 rings (SSSR count). The van der Waals surface area contributed by atoms with Gasteiger partial charge in [0.25, 0.3) is 0 Å². The van der Waals surface area contributed by atoms with Gasteiger partial charge in [-0.05, 0) is 0 Å². The average Bonchev–Trinajstić information content (AvgIpc) is 1.87. The Kier molecular flexibility index (Phi) is 3.42. The standard InChI is InChI=1S/C5H10N2O3/c1-7-4(9)2-3(8)5(6)10/h3,8H,2H2,1H3,(H2,6,10)(H,7,9). The summed E-state index contributed by atoms with van der Waals surface area (Å²) < 4.78 is 0. The van der Waals surface area contributed by atoms with Gasteiger partial charge >= 0.3 is 0 Å². The van der Waals surface area contributed by atoms with Gasteiger partial charge in [0.05, 0.1) is 6.42 Å². The first-order chi connectivity index (χ1) is 4.57. The maximum absolute atomic E-state index is 10.4. The molecule has 0 aliphatic heterocycles. The first kappa shape index (κ1) is 8.90. The van der Waals surface area contributed by atoms with Crippen molar-refractivity contribution in [3.05, 3.63) is 0 Å². The molecule has 0 heterocycles. The smallest absolute Gasteiger partial charge is 0.246 e. The molecule has 5 heteroatoms. The van der Waals surface area contributed by atoms with Crippen LogP contribution in [0.15, 0.2) is 0 Å². The molecule has 0 aliphatic rings. The Morgan fingerprint density at radius 1 is 1.70 bits per heavy atom. The van der Waals surface area contributed by atoms with Gasteiger partial charge in [-0.1, -0.05) is 0 Å². The van der Waals surface area contributed by atoms with E-state index in [1.165, 1.54) is 7.05 Å². The lowest BCUT2D eigenvalue weighted by atomic mass is 10.2. The molecule has 0 bridgehead atoms. The topological polar surface area (TPSA) is 92.4 Å². The van der Waals surface area contributed by atoms with Crippen LogP contribution in [0.5, 0.6) is 0 Å². The molecule has 0 spiro atoms. The first-order valence-corrected chi connectivity index (χ1v) is 2.76. The zero-order valence-electron chi connectivity index (χ0n) is 5.63. The van der Waals surface area contributed by atoms with Crippen molar-refractivity contribution in [2.75, 3.05) is 7.05 Å². The summed E-state index contributed by atoms with van der Waals surface area (Å²) in [7, 11) is 1.41. The minimum Gasteiger partial charge on any atom is -0.383 e. The van der Waals surface area contributed by atoms with E-state index < -0.39 is 17.9 Å². The molecule has 0 aromatic heterocycles. The number of aliphatic hydroxyl groups is 1. The van der Waals surface area contributed by atoms with Crippen molar-refractivity contribution >= 4 is 11.8 Å². The monoisotopic (exact) mass is 146 g/mol. The number of nitrogens with one attached hydrogen (secondary N) is 1. The van der Waals surface area contributed by atoms with Crippen LogP contribution >= 0.6 is 0 Å². The van der Waals surface area contributed by atoms with E-state index in [4.69, 9.17) is 5.11 Å². The van der Waals surface area contributed by atoms with Gasteiger partial charge in [0, 0.05) is 7.05 Å². The van der Waals surface area contributed by atoms with Crippen LogP contribution in [0.3, 0.4) is 0 Å². The van der Waals surface area contributed by atoms with E-state index in [0.717, 1.165) is 0 Å². The predicted molar refractivity (Wildman–Crippen MR) is 33.9 cm³/mol. The van der Waals surface area contributed by atoms with E-state index >= 15 is 0 Å². The fraction of sp³-hybridized carbons (Fsp3) is 0.600. The minimum absolute atomic E-state index is 0.272. The molecule has 4 N–H and O–H groups in total. The average molecular weight is 146 g/mol. The molecule has 1 atom stereocenters. The molecule has 1 unspecified atom stereocenters. The third kappa shape index (κ3) is 3.03. The van der Waals surface area contributed by atoms with Crippen LogP contribution in [0.1, 0.15) is 6.42 Å². The van der Waals surface area contributed by atoms with Crippen molar-refractivity contribution in [1.29, 1.82) is 0 Å².